The average Bonchev–Trinajstić information content (AvgIpc) is 2.60. The maximum atomic E-state index is 11.8. The Labute approximate surface area is 84.6 Å². The molecule has 0 aromatic carbocycles. The molecule has 0 bridgehead atoms. The molecule has 2 aliphatic rings. The molecule has 0 spiro atoms. The van der Waals surface area contributed by atoms with Crippen LogP contribution in [0, 0.1) is 11.3 Å². The van der Waals surface area contributed by atoms with Crippen LogP contribution in [0.4, 0.5) is 0 Å². The fourth-order valence-corrected chi connectivity index (χ4v) is 2.74. The maximum absolute atomic E-state index is 11.8. The molecular formula is C10H18N2O2. The number of fused-ring (bicyclic) bond motifs is 1. The first-order chi connectivity index (χ1) is 6.69. The standard InChI is InChI=1S/C10H18N2O2/c1-12-4-3-10(9(13)14-2)7-11-5-8(10)6-12/h8,11H,3-7H2,1-2H3/t8-,10+/m0/s1. The predicted molar refractivity (Wildman–Crippen MR) is 52.9 cm³/mol. The first-order valence-corrected chi connectivity index (χ1v) is 5.17. The van der Waals surface area contributed by atoms with Gasteiger partial charge in [-0.05, 0) is 20.0 Å². The molecule has 4 heteroatoms. The number of piperidine rings is 1. The summed E-state index contributed by atoms with van der Waals surface area (Å²) in [5, 5.41) is 3.31. The molecule has 0 unspecified atom stereocenters. The Morgan fingerprint density at radius 3 is 3.14 bits per heavy atom. The summed E-state index contributed by atoms with van der Waals surface area (Å²) in [7, 11) is 3.60. The first-order valence-electron chi connectivity index (χ1n) is 5.17. The number of nitrogens with zero attached hydrogens (tertiary/aromatic N) is 1. The third-order valence-corrected chi connectivity index (χ3v) is 3.68. The van der Waals surface area contributed by atoms with E-state index in [-0.39, 0.29) is 11.4 Å². The number of likely N-dealkylation sites (tertiary alicyclic amines) is 1. The quantitative estimate of drug-likeness (QED) is 0.587. The van der Waals surface area contributed by atoms with Gasteiger partial charge in [0.25, 0.3) is 0 Å². The van der Waals surface area contributed by atoms with E-state index in [2.05, 4.69) is 17.3 Å². The van der Waals surface area contributed by atoms with Gasteiger partial charge >= 0.3 is 5.97 Å². The Balaban J connectivity index is 2.19. The Morgan fingerprint density at radius 1 is 1.64 bits per heavy atom. The number of hydrogen-bond acceptors (Lipinski definition) is 4. The van der Waals surface area contributed by atoms with Crippen molar-refractivity contribution in [2.24, 2.45) is 11.3 Å². The lowest BCUT2D eigenvalue weighted by molar-refractivity contribution is -0.157. The van der Waals surface area contributed by atoms with E-state index in [4.69, 9.17) is 4.74 Å². The molecule has 0 saturated carbocycles. The number of rotatable bonds is 1. The van der Waals surface area contributed by atoms with Crippen LogP contribution in [0.3, 0.4) is 0 Å². The average molecular weight is 198 g/mol. The summed E-state index contributed by atoms with van der Waals surface area (Å²) in [5.74, 6) is 0.398. The van der Waals surface area contributed by atoms with E-state index >= 15 is 0 Å². The van der Waals surface area contributed by atoms with Gasteiger partial charge in [-0.2, -0.15) is 0 Å². The molecule has 14 heavy (non-hydrogen) atoms. The van der Waals surface area contributed by atoms with Gasteiger partial charge in [-0.25, -0.2) is 0 Å². The second kappa shape index (κ2) is 3.51. The number of ether oxygens (including phenoxy) is 1. The lowest BCUT2D eigenvalue weighted by Gasteiger charge is -2.39. The molecule has 0 radical (unpaired) electrons. The van der Waals surface area contributed by atoms with Crippen molar-refractivity contribution in [3.63, 3.8) is 0 Å². The molecule has 2 saturated heterocycles. The van der Waals surface area contributed by atoms with E-state index in [1.807, 2.05) is 0 Å². The van der Waals surface area contributed by atoms with Crippen LogP contribution in [0.5, 0.6) is 0 Å². The summed E-state index contributed by atoms with van der Waals surface area (Å²) < 4.78 is 4.93. The summed E-state index contributed by atoms with van der Waals surface area (Å²) in [4.78, 5) is 14.1. The van der Waals surface area contributed by atoms with Crippen molar-refractivity contribution in [3.8, 4) is 0 Å². The van der Waals surface area contributed by atoms with Crippen molar-refractivity contribution in [2.45, 2.75) is 6.42 Å². The molecule has 80 valence electrons. The molecule has 2 fully saturated rings. The van der Waals surface area contributed by atoms with Crippen LogP contribution in [0.25, 0.3) is 0 Å². The second-order valence-electron chi connectivity index (χ2n) is 4.49. The van der Waals surface area contributed by atoms with Crippen LogP contribution < -0.4 is 5.32 Å². The van der Waals surface area contributed by atoms with Crippen molar-refractivity contribution < 1.29 is 9.53 Å². The maximum Gasteiger partial charge on any atom is 0.313 e. The zero-order chi connectivity index (χ0) is 10.2. The minimum Gasteiger partial charge on any atom is -0.469 e. The number of carbonyl (C=O) groups is 1. The van der Waals surface area contributed by atoms with Crippen LogP contribution in [-0.2, 0) is 9.53 Å². The molecule has 2 heterocycles. The summed E-state index contributed by atoms with van der Waals surface area (Å²) in [6, 6.07) is 0. The minimum atomic E-state index is -0.235. The zero-order valence-electron chi connectivity index (χ0n) is 8.88. The van der Waals surface area contributed by atoms with Gasteiger partial charge < -0.3 is 15.0 Å². The van der Waals surface area contributed by atoms with Gasteiger partial charge in [-0.1, -0.05) is 0 Å². The third kappa shape index (κ3) is 1.33. The minimum absolute atomic E-state index is 0.0272. The fraction of sp³-hybridized carbons (Fsp3) is 0.900. The highest BCUT2D eigenvalue weighted by atomic mass is 16.5. The normalized spacial score (nSPS) is 38.0. The summed E-state index contributed by atoms with van der Waals surface area (Å²) in [6.45, 7) is 3.73. The van der Waals surface area contributed by atoms with Gasteiger partial charge in [0, 0.05) is 25.6 Å². The van der Waals surface area contributed by atoms with Crippen molar-refractivity contribution in [1.29, 1.82) is 0 Å². The number of hydrogen-bond donors (Lipinski definition) is 1. The van der Waals surface area contributed by atoms with Crippen LogP contribution in [0.15, 0.2) is 0 Å². The molecule has 0 aromatic rings. The Bertz CT molecular complexity index is 244. The molecule has 1 N–H and O–H groups in total. The van der Waals surface area contributed by atoms with Gasteiger partial charge in [0.05, 0.1) is 12.5 Å². The molecule has 0 aromatic heterocycles. The van der Waals surface area contributed by atoms with Crippen molar-refractivity contribution in [3.05, 3.63) is 0 Å². The van der Waals surface area contributed by atoms with Crippen LogP contribution >= 0.6 is 0 Å². The monoisotopic (exact) mass is 198 g/mol. The first kappa shape index (κ1) is 9.93. The smallest absolute Gasteiger partial charge is 0.313 e. The van der Waals surface area contributed by atoms with E-state index in [0.29, 0.717) is 5.92 Å². The number of methoxy groups -OCH3 is 1. The van der Waals surface area contributed by atoms with Crippen molar-refractivity contribution in [2.75, 3.05) is 40.3 Å². The van der Waals surface area contributed by atoms with Gasteiger partial charge in [0.2, 0.25) is 0 Å². The summed E-state index contributed by atoms with van der Waals surface area (Å²) in [5.41, 5.74) is -0.235. The third-order valence-electron chi connectivity index (χ3n) is 3.68. The summed E-state index contributed by atoms with van der Waals surface area (Å²) >= 11 is 0. The Hall–Kier alpha value is -0.610. The lowest BCUT2D eigenvalue weighted by Crippen LogP contribution is -2.50. The van der Waals surface area contributed by atoms with Gasteiger partial charge in [0.15, 0.2) is 0 Å². The fourth-order valence-electron chi connectivity index (χ4n) is 2.74. The number of esters is 1. The molecule has 4 nitrogen and oxygen atoms in total. The predicted octanol–water partition coefficient (Wildman–Crippen LogP) is -0.299. The van der Waals surface area contributed by atoms with Crippen LogP contribution in [-0.4, -0.2) is 51.2 Å². The lowest BCUT2D eigenvalue weighted by atomic mass is 9.72. The van der Waals surface area contributed by atoms with E-state index in [9.17, 15) is 4.79 Å². The summed E-state index contributed by atoms with van der Waals surface area (Å²) in [6.07, 6.45) is 0.924. The molecule has 0 aliphatic carbocycles. The van der Waals surface area contributed by atoms with Crippen LogP contribution in [0.1, 0.15) is 6.42 Å². The van der Waals surface area contributed by atoms with E-state index in [1.165, 1.54) is 7.11 Å². The highest BCUT2D eigenvalue weighted by Crippen LogP contribution is 2.39. The van der Waals surface area contributed by atoms with Gasteiger partial charge in [-0.3, -0.25) is 4.79 Å². The molecular weight excluding hydrogens is 180 g/mol. The van der Waals surface area contributed by atoms with E-state index in [0.717, 1.165) is 32.6 Å². The molecule has 2 aliphatic heterocycles. The molecule has 2 atom stereocenters. The number of carbonyl (C=O) groups excluding carboxylic acids is 1. The molecule has 0 amide bonds. The van der Waals surface area contributed by atoms with Gasteiger partial charge in [0.1, 0.15) is 0 Å². The Morgan fingerprint density at radius 2 is 2.43 bits per heavy atom. The highest BCUT2D eigenvalue weighted by molar-refractivity contribution is 5.78. The Kier molecular flexibility index (Phi) is 2.49. The van der Waals surface area contributed by atoms with Gasteiger partial charge in [-0.15, -0.1) is 0 Å². The SMILES string of the molecule is COC(=O)[C@@]12CCN(C)C[C@@H]1CNC2. The zero-order valence-corrected chi connectivity index (χ0v) is 8.88. The van der Waals surface area contributed by atoms with E-state index in [1.54, 1.807) is 0 Å². The number of nitrogens with one attached hydrogen (secondary N) is 1. The van der Waals surface area contributed by atoms with E-state index < -0.39 is 0 Å². The largest absolute Gasteiger partial charge is 0.469 e. The topological polar surface area (TPSA) is 41.6 Å². The van der Waals surface area contributed by atoms with Crippen molar-refractivity contribution in [1.82, 2.24) is 10.2 Å². The van der Waals surface area contributed by atoms with Crippen LogP contribution in [0.2, 0.25) is 0 Å². The van der Waals surface area contributed by atoms with Crippen molar-refractivity contribution >= 4 is 5.97 Å². The second-order valence-corrected chi connectivity index (χ2v) is 4.49. The highest BCUT2D eigenvalue weighted by Gasteiger charge is 2.51. The molecule has 2 rings (SSSR count).